The first kappa shape index (κ1) is 22.1. The molecule has 0 amide bonds. The van der Waals surface area contributed by atoms with Crippen molar-refractivity contribution in [3.63, 3.8) is 0 Å². The first-order valence-electron chi connectivity index (χ1n) is 12.3. The Morgan fingerprint density at radius 1 is 0.966 bits per heavy atom. The molecule has 4 nitrogen and oxygen atoms in total. The van der Waals surface area contributed by atoms with Crippen LogP contribution in [0.2, 0.25) is 0 Å². The fourth-order valence-electron chi connectivity index (χ4n) is 9.04. The maximum atomic E-state index is 10.8. The lowest BCUT2D eigenvalue weighted by Crippen LogP contribution is -2.53. The zero-order chi connectivity index (χ0) is 20.9. The van der Waals surface area contributed by atoms with Crippen LogP contribution >= 0.6 is 0 Å². The van der Waals surface area contributed by atoms with E-state index in [0.29, 0.717) is 23.2 Å². The van der Waals surface area contributed by atoms with E-state index in [-0.39, 0.29) is 6.61 Å². The molecule has 8 atom stereocenters. The second kappa shape index (κ2) is 8.09. The number of hydrogen-bond donors (Lipinski definition) is 1. The third kappa shape index (κ3) is 4.05. The predicted octanol–water partition coefficient (Wildman–Crippen LogP) is 6.27. The molecule has 0 aliphatic heterocycles. The minimum absolute atomic E-state index is 0.0977. The van der Waals surface area contributed by atoms with Gasteiger partial charge in [0.2, 0.25) is 0 Å². The lowest BCUT2D eigenvalue weighted by molar-refractivity contribution is -0.114. The highest BCUT2D eigenvalue weighted by Crippen LogP contribution is 2.68. The average molecular weight is 427 g/mol. The highest BCUT2D eigenvalue weighted by atomic mass is 32.3. The van der Waals surface area contributed by atoms with Crippen molar-refractivity contribution in [1.29, 1.82) is 0 Å². The van der Waals surface area contributed by atoms with Crippen LogP contribution in [-0.4, -0.2) is 19.6 Å². The van der Waals surface area contributed by atoms with E-state index in [1.807, 2.05) is 0 Å². The van der Waals surface area contributed by atoms with Gasteiger partial charge in [0.1, 0.15) is 0 Å². The van der Waals surface area contributed by atoms with Crippen LogP contribution in [-0.2, 0) is 14.6 Å². The van der Waals surface area contributed by atoms with Gasteiger partial charge in [-0.15, -0.1) is 0 Å². The van der Waals surface area contributed by atoms with Gasteiger partial charge in [-0.3, -0.25) is 4.55 Å². The Labute approximate surface area is 178 Å². The standard InChI is InChI=1S/C24H42O4S/c1-17(7-6-16-28-29(25,26)27)20-11-12-21-19-10-9-18-8-4-5-14-23(18,2)22(19)13-15-24(20,21)3/h17-22H,4-16H2,1-3H3,(H,25,26,27)/t17-,18+,19-,20-,21+,22+,23+,24-/m1/s1. The molecule has 0 aromatic rings. The summed E-state index contributed by atoms with van der Waals surface area (Å²) in [6.45, 7) is 7.70. The highest BCUT2D eigenvalue weighted by molar-refractivity contribution is 7.80. The lowest BCUT2D eigenvalue weighted by Gasteiger charge is -2.61. The molecule has 4 fully saturated rings. The first-order chi connectivity index (χ1) is 13.7. The van der Waals surface area contributed by atoms with Crippen LogP contribution in [0.15, 0.2) is 0 Å². The minimum atomic E-state index is -4.30. The summed E-state index contributed by atoms with van der Waals surface area (Å²) < 4.78 is 34.8. The van der Waals surface area contributed by atoms with E-state index in [2.05, 4.69) is 25.0 Å². The monoisotopic (exact) mass is 426 g/mol. The lowest BCUT2D eigenvalue weighted by atomic mass is 9.44. The molecule has 4 saturated carbocycles. The maximum absolute atomic E-state index is 10.8. The summed E-state index contributed by atoms with van der Waals surface area (Å²) >= 11 is 0. The van der Waals surface area contributed by atoms with Crippen molar-refractivity contribution >= 4 is 10.4 Å². The molecule has 4 rings (SSSR count). The van der Waals surface area contributed by atoms with E-state index in [9.17, 15) is 8.42 Å². The summed E-state index contributed by atoms with van der Waals surface area (Å²) in [6, 6.07) is 0. The molecule has 0 radical (unpaired) electrons. The summed E-state index contributed by atoms with van der Waals surface area (Å²) in [6.07, 6.45) is 16.0. The molecule has 0 aromatic heterocycles. The van der Waals surface area contributed by atoms with Gasteiger partial charge in [-0.2, -0.15) is 8.42 Å². The van der Waals surface area contributed by atoms with Crippen molar-refractivity contribution in [1.82, 2.24) is 0 Å². The zero-order valence-corrected chi connectivity index (χ0v) is 19.6. The minimum Gasteiger partial charge on any atom is -0.264 e. The largest absolute Gasteiger partial charge is 0.397 e. The first-order valence-corrected chi connectivity index (χ1v) is 13.6. The van der Waals surface area contributed by atoms with E-state index in [0.717, 1.165) is 36.0 Å². The summed E-state index contributed by atoms with van der Waals surface area (Å²) in [5, 5.41) is 0. The summed E-state index contributed by atoms with van der Waals surface area (Å²) in [5.74, 6) is 5.11. The van der Waals surface area contributed by atoms with Gasteiger partial charge in [0.15, 0.2) is 0 Å². The molecule has 4 aliphatic carbocycles. The molecular weight excluding hydrogens is 384 g/mol. The molecule has 1 N–H and O–H groups in total. The number of hydrogen-bond acceptors (Lipinski definition) is 3. The fraction of sp³-hybridized carbons (Fsp3) is 1.00. The smallest absolute Gasteiger partial charge is 0.264 e. The quantitative estimate of drug-likeness (QED) is 0.401. The van der Waals surface area contributed by atoms with Gasteiger partial charge < -0.3 is 0 Å². The van der Waals surface area contributed by atoms with Crippen LogP contribution in [0.1, 0.15) is 97.8 Å². The van der Waals surface area contributed by atoms with Crippen LogP contribution in [0, 0.1) is 46.3 Å². The Bertz CT molecular complexity index is 691. The molecule has 0 spiro atoms. The highest BCUT2D eigenvalue weighted by Gasteiger charge is 2.59. The summed E-state index contributed by atoms with van der Waals surface area (Å²) in [4.78, 5) is 0. The Hall–Kier alpha value is -0.130. The zero-order valence-electron chi connectivity index (χ0n) is 18.7. The van der Waals surface area contributed by atoms with E-state index in [1.165, 1.54) is 64.2 Å². The second-order valence-electron chi connectivity index (χ2n) is 11.5. The normalized spacial score (nSPS) is 45.9. The van der Waals surface area contributed by atoms with Crippen LogP contribution in [0.3, 0.4) is 0 Å². The van der Waals surface area contributed by atoms with Gasteiger partial charge in [0.05, 0.1) is 6.61 Å². The maximum Gasteiger partial charge on any atom is 0.397 e. The third-order valence-electron chi connectivity index (χ3n) is 10.4. The molecule has 0 heterocycles. The molecule has 0 unspecified atom stereocenters. The Balaban J connectivity index is 1.41. The Morgan fingerprint density at radius 2 is 1.72 bits per heavy atom. The third-order valence-corrected chi connectivity index (χ3v) is 10.8. The van der Waals surface area contributed by atoms with Crippen LogP contribution in [0.25, 0.3) is 0 Å². The summed E-state index contributed by atoms with van der Waals surface area (Å²) in [7, 11) is -4.30. The van der Waals surface area contributed by atoms with Crippen LogP contribution in [0.4, 0.5) is 0 Å². The number of rotatable bonds is 6. The van der Waals surface area contributed by atoms with Crippen molar-refractivity contribution in [2.45, 2.75) is 97.8 Å². The fourth-order valence-corrected chi connectivity index (χ4v) is 9.37. The second-order valence-corrected chi connectivity index (χ2v) is 12.6. The summed E-state index contributed by atoms with van der Waals surface area (Å²) in [5.41, 5.74) is 1.07. The number of fused-ring (bicyclic) bond motifs is 5. The van der Waals surface area contributed by atoms with Gasteiger partial charge in [-0.05, 0) is 111 Å². The van der Waals surface area contributed by atoms with Crippen molar-refractivity contribution in [2.24, 2.45) is 46.3 Å². The molecule has 4 aliphatic rings. The molecule has 168 valence electrons. The van der Waals surface area contributed by atoms with Crippen molar-refractivity contribution < 1.29 is 17.2 Å². The Morgan fingerprint density at radius 3 is 2.48 bits per heavy atom. The van der Waals surface area contributed by atoms with Crippen molar-refractivity contribution in [2.75, 3.05) is 6.61 Å². The van der Waals surface area contributed by atoms with E-state index < -0.39 is 10.4 Å². The van der Waals surface area contributed by atoms with Crippen LogP contribution in [0.5, 0.6) is 0 Å². The predicted molar refractivity (Wildman–Crippen MR) is 116 cm³/mol. The van der Waals surface area contributed by atoms with Gasteiger partial charge in [-0.25, -0.2) is 4.18 Å². The molecule has 5 heteroatoms. The van der Waals surface area contributed by atoms with Gasteiger partial charge >= 0.3 is 10.4 Å². The molecule has 0 bridgehead atoms. The topological polar surface area (TPSA) is 63.6 Å². The van der Waals surface area contributed by atoms with E-state index in [4.69, 9.17) is 4.55 Å². The molecular formula is C24H42O4S. The van der Waals surface area contributed by atoms with Crippen molar-refractivity contribution in [3.8, 4) is 0 Å². The van der Waals surface area contributed by atoms with Crippen LogP contribution < -0.4 is 0 Å². The molecule has 0 saturated heterocycles. The van der Waals surface area contributed by atoms with E-state index >= 15 is 0 Å². The van der Waals surface area contributed by atoms with Gasteiger partial charge in [-0.1, -0.05) is 33.6 Å². The van der Waals surface area contributed by atoms with Crippen molar-refractivity contribution in [3.05, 3.63) is 0 Å². The van der Waals surface area contributed by atoms with E-state index in [1.54, 1.807) is 0 Å². The van der Waals surface area contributed by atoms with Gasteiger partial charge in [0.25, 0.3) is 0 Å². The van der Waals surface area contributed by atoms with Gasteiger partial charge in [0, 0.05) is 0 Å². The SMILES string of the molecule is C[C@H](CCCOS(=O)(=O)O)[C@H]1CC[C@H]2[C@H]3CC[C@@H]4CCCC[C@]4(C)[C@H]3CC[C@]12C. The molecule has 29 heavy (non-hydrogen) atoms. The Kier molecular flexibility index (Phi) is 6.16. The molecule has 0 aromatic carbocycles. The average Bonchev–Trinajstić information content (AvgIpc) is 3.01.